The first-order chi connectivity index (χ1) is 11.2. The van der Waals surface area contributed by atoms with Crippen LogP contribution < -0.4 is 4.74 Å². The number of ether oxygens (including phenoxy) is 1. The highest BCUT2D eigenvalue weighted by atomic mass is 32.1. The van der Waals surface area contributed by atoms with Gasteiger partial charge in [-0.15, -0.1) is 0 Å². The summed E-state index contributed by atoms with van der Waals surface area (Å²) in [7, 11) is 0. The number of hydrogen-bond acceptors (Lipinski definition) is 4. The van der Waals surface area contributed by atoms with E-state index in [0.29, 0.717) is 0 Å². The Hall–Kier alpha value is -1.85. The number of amides is 1. The quantitative estimate of drug-likeness (QED) is 0.845. The van der Waals surface area contributed by atoms with E-state index in [2.05, 4.69) is 21.7 Å². The zero-order valence-electron chi connectivity index (χ0n) is 13.4. The molecule has 1 saturated heterocycles. The summed E-state index contributed by atoms with van der Waals surface area (Å²) in [6, 6.07) is 9.96. The van der Waals surface area contributed by atoms with Crippen LogP contribution in [0, 0.1) is 6.92 Å². The molecule has 0 unspecified atom stereocenters. The van der Waals surface area contributed by atoms with Gasteiger partial charge in [-0.1, -0.05) is 12.1 Å². The first-order valence-corrected chi connectivity index (χ1v) is 8.86. The molecule has 4 nitrogen and oxygen atoms in total. The maximum atomic E-state index is 12.3. The van der Waals surface area contributed by atoms with Crippen LogP contribution in [0.1, 0.15) is 11.1 Å². The van der Waals surface area contributed by atoms with Gasteiger partial charge in [0.2, 0.25) is 0 Å². The molecule has 23 heavy (non-hydrogen) atoms. The molecule has 1 aromatic carbocycles. The normalized spacial score (nSPS) is 15.6. The molecular weight excluding hydrogens is 308 g/mol. The molecule has 0 radical (unpaired) electrons. The van der Waals surface area contributed by atoms with Crippen LogP contribution in [-0.2, 0) is 11.3 Å². The van der Waals surface area contributed by atoms with Crippen molar-refractivity contribution in [1.29, 1.82) is 0 Å². The predicted molar refractivity (Wildman–Crippen MR) is 92.9 cm³/mol. The fraction of sp³-hybridized carbons (Fsp3) is 0.389. The van der Waals surface area contributed by atoms with Gasteiger partial charge in [-0.2, -0.15) is 11.3 Å². The number of piperazine rings is 1. The summed E-state index contributed by atoms with van der Waals surface area (Å²) in [4.78, 5) is 16.6. The Morgan fingerprint density at radius 1 is 1.22 bits per heavy atom. The topological polar surface area (TPSA) is 32.8 Å². The molecule has 0 spiro atoms. The monoisotopic (exact) mass is 330 g/mol. The van der Waals surface area contributed by atoms with E-state index in [1.807, 2.05) is 36.1 Å². The summed E-state index contributed by atoms with van der Waals surface area (Å²) in [6.07, 6.45) is 0. The number of aryl methyl sites for hydroxylation is 1. The minimum atomic E-state index is 0.0710. The van der Waals surface area contributed by atoms with E-state index in [1.165, 1.54) is 5.56 Å². The Balaban J connectivity index is 1.43. The van der Waals surface area contributed by atoms with Gasteiger partial charge >= 0.3 is 0 Å². The minimum Gasteiger partial charge on any atom is -0.484 e. The van der Waals surface area contributed by atoms with Gasteiger partial charge < -0.3 is 9.64 Å². The molecule has 1 aliphatic rings. The van der Waals surface area contributed by atoms with Crippen LogP contribution in [0.2, 0.25) is 0 Å². The van der Waals surface area contributed by atoms with Gasteiger partial charge in [-0.05, 0) is 47.0 Å². The van der Waals surface area contributed by atoms with Gasteiger partial charge in [0, 0.05) is 32.7 Å². The maximum absolute atomic E-state index is 12.3. The first kappa shape index (κ1) is 16.0. The van der Waals surface area contributed by atoms with Gasteiger partial charge in [0.15, 0.2) is 6.61 Å². The van der Waals surface area contributed by atoms with Crippen molar-refractivity contribution in [3.63, 3.8) is 0 Å². The molecule has 2 aromatic rings. The lowest BCUT2D eigenvalue weighted by Crippen LogP contribution is -2.49. The van der Waals surface area contributed by atoms with E-state index >= 15 is 0 Å². The van der Waals surface area contributed by atoms with Crippen molar-refractivity contribution in [2.24, 2.45) is 0 Å². The highest BCUT2D eigenvalue weighted by Crippen LogP contribution is 2.14. The summed E-state index contributed by atoms with van der Waals surface area (Å²) in [6.45, 7) is 6.51. The van der Waals surface area contributed by atoms with Crippen LogP contribution in [0.25, 0.3) is 0 Å². The Bertz CT molecular complexity index is 634. The summed E-state index contributed by atoms with van der Waals surface area (Å²) < 4.78 is 5.61. The third-order valence-corrected chi connectivity index (χ3v) is 4.80. The zero-order chi connectivity index (χ0) is 16.1. The molecule has 0 N–H and O–H groups in total. The van der Waals surface area contributed by atoms with E-state index in [0.717, 1.165) is 44.0 Å². The number of carbonyl (C=O) groups excluding carboxylic acids is 1. The summed E-state index contributed by atoms with van der Waals surface area (Å²) in [5.74, 6) is 0.830. The van der Waals surface area contributed by atoms with Gasteiger partial charge in [0.1, 0.15) is 5.75 Å². The van der Waals surface area contributed by atoms with Crippen molar-refractivity contribution in [2.75, 3.05) is 32.8 Å². The second kappa shape index (κ2) is 7.62. The molecule has 0 bridgehead atoms. The third-order valence-electron chi connectivity index (χ3n) is 4.06. The molecule has 2 heterocycles. The second-order valence-electron chi connectivity index (χ2n) is 5.89. The van der Waals surface area contributed by atoms with Crippen LogP contribution in [0.4, 0.5) is 0 Å². The Morgan fingerprint density at radius 2 is 2.04 bits per heavy atom. The van der Waals surface area contributed by atoms with Crippen molar-refractivity contribution >= 4 is 17.2 Å². The van der Waals surface area contributed by atoms with Crippen molar-refractivity contribution in [3.8, 4) is 5.75 Å². The van der Waals surface area contributed by atoms with Crippen molar-refractivity contribution in [3.05, 3.63) is 52.2 Å². The number of rotatable bonds is 5. The van der Waals surface area contributed by atoms with Crippen LogP contribution in [0.3, 0.4) is 0 Å². The molecule has 3 rings (SSSR count). The number of benzene rings is 1. The average molecular weight is 330 g/mol. The van der Waals surface area contributed by atoms with Crippen molar-refractivity contribution in [2.45, 2.75) is 13.5 Å². The van der Waals surface area contributed by atoms with Gasteiger partial charge in [-0.3, -0.25) is 9.69 Å². The SMILES string of the molecule is Cc1cccc(OCC(=O)N2CCN(Cc3ccsc3)CC2)c1. The third kappa shape index (κ3) is 4.56. The number of thiophene rings is 1. The van der Waals surface area contributed by atoms with E-state index in [1.54, 1.807) is 11.3 Å². The van der Waals surface area contributed by atoms with E-state index in [-0.39, 0.29) is 12.5 Å². The highest BCUT2D eigenvalue weighted by Gasteiger charge is 2.21. The Morgan fingerprint density at radius 3 is 2.74 bits per heavy atom. The molecule has 122 valence electrons. The molecule has 0 aliphatic carbocycles. The van der Waals surface area contributed by atoms with Crippen LogP contribution in [-0.4, -0.2) is 48.5 Å². The van der Waals surface area contributed by atoms with Crippen molar-refractivity contribution < 1.29 is 9.53 Å². The van der Waals surface area contributed by atoms with Crippen LogP contribution in [0.15, 0.2) is 41.1 Å². The average Bonchev–Trinajstić information content (AvgIpc) is 3.06. The summed E-state index contributed by atoms with van der Waals surface area (Å²) in [5, 5.41) is 4.30. The van der Waals surface area contributed by atoms with E-state index < -0.39 is 0 Å². The number of nitrogens with zero attached hydrogens (tertiary/aromatic N) is 2. The van der Waals surface area contributed by atoms with E-state index in [9.17, 15) is 4.79 Å². The van der Waals surface area contributed by atoms with Crippen LogP contribution in [0.5, 0.6) is 5.75 Å². The molecule has 5 heteroatoms. The Labute approximate surface area is 141 Å². The molecule has 1 aliphatic heterocycles. The zero-order valence-corrected chi connectivity index (χ0v) is 14.2. The molecular formula is C18H22N2O2S. The fourth-order valence-electron chi connectivity index (χ4n) is 2.74. The minimum absolute atomic E-state index is 0.0710. The van der Waals surface area contributed by atoms with Gasteiger partial charge in [0.05, 0.1) is 0 Å². The summed E-state index contributed by atoms with van der Waals surface area (Å²) in [5.41, 5.74) is 2.49. The molecule has 1 aromatic heterocycles. The molecule has 0 atom stereocenters. The van der Waals surface area contributed by atoms with Crippen LogP contribution >= 0.6 is 11.3 Å². The van der Waals surface area contributed by atoms with E-state index in [4.69, 9.17) is 4.74 Å². The standard InChI is InChI=1S/C18H22N2O2S/c1-15-3-2-4-17(11-15)22-13-18(21)20-8-6-19(7-9-20)12-16-5-10-23-14-16/h2-5,10-11,14H,6-9,12-13H2,1H3. The first-order valence-electron chi connectivity index (χ1n) is 7.91. The van der Waals surface area contributed by atoms with Gasteiger partial charge in [0.25, 0.3) is 5.91 Å². The molecule has 0 saturated carbocycles. The predicted octanol–water partition coefficient (Wildman–Crippen LogP) is 2.78. The molecule has 1 amide bonds. The lowest BCUT2D eigenvalue weighted by atomic mass is 10.2. The largest absolute Gasteiger partial charge is 0.484 e. The second-order valence-corrected chi connectivity index (χ2v) is 6.67. The smallest absolute Gasteiger partial charge is 0.260 e. The fourth-order valence-corrected chi connectivity index (χ4v) is 3.40. The van der Waals surface area contributed by atoms with Gasteiger partial charge in [-0.25, -0.2) is 0 Å². The lowest BCUT2D eigenvalue weighted by molar-refractivity contribution is -0.135. The number of hydrogen-bond donors (Lipinski definition) is 0. The highest BCUT2D eigenvalue weighted by molar-refractivity contribution is 7.07. The number of carbonyl (C=O) groups is 1. The Kier molecular flexibility index (Phi) is 5.31. The van der Waals surface area contributed by atoms with Crippen molar-refractivity contribution in [1.82, 2.24) is 9.80 Å². The maximum Gasteiger partial charge on any atom is 0.260 e. The summed E-state index contributed by atoms with van der Waals surface area (Å²) >= 11 is 1.73. The lowest BCUT2D eigenvalue weighted by Gasteiger charge is -2.34. The molecule has 1 fully saturated rings.